The van der Waals surface area contributed by atoms with Crippen LogP contribution in [0.1, 0.15) is 25.2 Å². The van der Waals surface area contributed by atoms with E-state index in [-0.39, 0.29) is 5.69 Å². The van der Waals surface area contributed by atoms with Gasteiger partial charge < -0.3 is 9.84 Å². The minimum absolute atomic E-state index is 0.0486. The molecule has 1 heterocycles. The molecule has 0 spiro atoms. The van der Waals surface area contributed by atoms with Gasteiger partial charge in [0.15, 0.2) is 5.82 Å². The van der Waals surface area contributed by atoms with Gasteiger partial charge in [0.05, 0.1) is 11.5 Å². The first-order valence-corrected chi connectivity index (χ1v) is 6.28. The highest BCUT2D eigenvalue weighted by atomic mass is 16.6. The van der Waals surface area contributed by atoms with Gasteiger partial charge in [-0.15, -0.1) is 0 Å². The fourth-order valence-corrected chi connectivity index (χ4v) is 1.73. The number of benzene rings is 1. The molecule has 0 fully saturated rings. The van der Waals surface area contributed by atoms with E-state index in [1.54, 1.807) is 13.0 Å². The van der Waals surface area contributed by atoms with E-state index >= 15 is 0 Å². The Hall–Kier alpha value is -2.28. The molecule has 7 heteroatoms. The van der Waals surface area contributed by atoms with E-state index in [1.807, 2.05) is 13.8 Å². The highest BCUT2D eigenvalue weighted by Crippen LogP contribution is 2.25. The van der Waals surface area contributed by atoms with E-state index in [1.165, 1.54) is 12.1 Å². The van der Waals surface area contributed by atoms with Crippen LogP contribution in [-0.4, -0.2) is 21.1 Å². The summed E-state index contributed by atoms with van der Waals surface area (Å²) in [5.74, 6) is 0.935. The third-order valence-electron chi connectivity index (χ3n) is 2.79. The monoisotopic (exact) mass is 276 g/mol. The summed E-state index contributed by atoms with van der Waals surface area (Å²) < 4.78 is 5.19. The first kappa shape index (κ1) is 14.1. The molecular weight excluding hydrogens is 260 g/mol. The quantitative estimate of drug-likeness (QED) is 0.665. The molecule has 0 bridgehead atoms. The Morgan fingerprint density at radius 1 is 1.45 bits per heavy atom. The molecule has 106 valence electrons. The van der Waals surface area contributed by atoms with Crippen molar-refractivity contribution in [2.24, 2.45) is 0 Å². The van der Waals surface area contributed by atoms with Gasteiger partial charge in [-0.3, -0.25) is 10.1 Å². The van der Waals surface area contributed by atoms with E-state index < -0.39 is 4.92 Å². The smallest absolute Gasteiger partial charge is 0.269 e. The molecule has 0 unspecified atom stereocenters. The predicted octanol–water partition coefficient (Wildman–Crippen LogP) is 2.45. The molecule has 0 amide bonds. The van der Waals surface area contributed by atoms with Crippen LogP contribution in [0, 0.1) is 17.0 Å². The number of hydrogen-bond donors (Lipinski definition) is 1. The van der Waals surface area contributed by atoms with Gasteiger partial charge in [-0.05, 0) is 18.6 Å². The van der Waals surface area contributed by atoms with Crippen LogP contribution in [-0.2, 0) is 6.54 Å². The molecule has 0 radical (unpaired) electrons. The van der Waals surface area contributed by atoms with Crippen LogP contribution in [0.25, 0.3) is 11.5 Å². The van der Waals surface area contributed by atoms with E-state index in [0.717, 1.165) is 5.56 Å². The van der Waals surface area contributed by atoms with Crippen LogP contribution < -0.4 is 5.32 Å². The number of nitro groups is 1. The minimum atomic E-state index is -0.428. The van der Waals surface area contributed by atoms with Crippen molar-refractivity contribution >= 4 is 5.69 Å². The van der Waals surface area contributed by atoms with Crippen molar-refractivity contribution in [3.05, 3.63) is 39.7 Å². The molecular formula is C13H16N4O3. The minimum Gasteiger partial charge on any atom is -0.334 e. The molecule has 0 aliphatic heterocycles. The SMILES string of the molecule is Cc1cc([N+](=O)[O-])ccc1-c1nc(CNC(C)C)no1. The van der Waals surface area contributed by atoms with Crippen molar-refractivity contribution in [2.45, 2.75) is 33.4 Å². The van der Waals surface area contributed by atoms with Crippen molar-refractivity contribution < 1.29 is 9.45 Å². The van der Waals surface area contributed by atoms with Crippen LogP contribution in [0.5, 0.6) is 0 Å². The third kappa shape index (κ3) is 3.18. The molecule has 0 aliphatic rings. The molecule has 1 aromatic carbocycles. The molecule has 0 saturated heterocycles. The Kier molecular flexibility index (Phi) is 4.09. The Labute approximate surface area is 116 Å². The second kappa shape index (κ2) is 5.79. The Morgan fingerprint density at radius 3 is 2.80 bits per heavy atom. The van der Waals surface area contributed by atoms with Gasteiger partial charge in [0.2, 0.25) is 0 Å². The third-order valence-corrected chi connectivity index (χ3v) is 2.79. The van der Waals surface area contributed by atoms with Gasteiger partial charge in [0, 0.05) is 23.7 Å². The summed E-state index contributed by atoms with van der Waals surface area (Å²) in [6.07, 6.45) is 0. The molecule has 0 atom stereocenters. The Bertz CT molecular complexity index is 622. The highest BCUT2D eigenvalue weighted by molar-refractivity contribution is 5.60. The number of aryl methyl sites for hydroxylation is 1. The second-order valence-corrected chi connectivity index (χ2v) is 4.81. The normalized spacial score (nSPS) is 11.0. The van der Waals surface area contributed by atoms with E-state index in [4.69, 9.17) is 4.52 Å². The van der Waals surface area contributed by atoms with Crippen molar-refractivity contribution in [1.82, 2.24) is 15.5 Å². The fraction of sp³-hybridized carbons (Fsp3) is 0.385. The topological polar surface area (TPSA) is 94.1 Å². The first-order chi connectivity index (χ1) is 9.47. The number of nitrogens with zero attached hydrogens (tertiary/aromatic N) is 3. The molecule has 20 heavy (non-hydrogen) atoms. The van der Waals surface area contributed by atoms with Crippen LogP contribution in [0.3, 0.4) is 0 Å². The Morgan fingerprint density at radius 2 is 2.20 bits per heavy atom. The van der Waals surface area contributed by atoms with Crippen LogP contribution in [0.2, 0.25) is 0 Å². The maximum atomic E-state index is 10.7. The largest absolute Gasteiger partial charge is 0.334 e. The van der Waals surface area contributed by atoms with Crippen LogP contribution in [0.15, 0.2) is 22.7 Å². The zero-order valence-corrected chi connectivity index (χ0v) is 11.6. The van der Waals surface area contributed by atoms with Crippen molar-refractivity contribution in [2.75, 3.05) is 0 Å². The van der Waals surface area contributed by atoms with E-state index in [9.17, 15) is 10.1 Å². The number of nitrogens with one attached hydrogen (secondary N) is 1. The molecule has 7 nitrogen and oxygen atoms in total. The van der Waals surface area contributed by atoms with E-state index in [2.05, 4.69) is 15.5 Å². The van der Waals surface area contributed by atoms with Gasteiger partial charge in [-0.25, -0.2) is 0 Å². The zero-order valence-electron chi connectivity index (χ0n) is 11.6. The maximum Gasteiger partial charge on any atom is 0.269 e. The number of hydrogen-bond acceptors (Lipinski definition) is 6. The fourth-order valence-electron chi connectivity index (χ4n) is 1.73. The van der Waals surface area contributed by atoms with Gasteiger partial charge in [0.25, 0.3) is 11.6 Å². The summed E-state index contributed by atoms with van der Waals surface area (Å²) >= 11 is 0. The molecule has 1 N–H and O–H groups in total. The summed E-state index contributed by atoms with van der Waals surface area (Å²) in [6, 6.07) is 4.88. The molecule has 2 aromatic rings. The average Bonchev–Trinajstić information content (AvgIpc) is 2.84. The lowest BCUT2D eigenvalue weighted by molar-refractivity contribution is -0.384. The van der Waals surface area contributed by atoms with Gasteiger partial charge in [-0.1, -0.05) is 19.0 Å². The predicted molar refractivity (Wildman–Crippen MR) is 73.1 cm³/mol. The lowest BCUT2D eigenvalue weighted by Gasteiger charge is -2.03. The van der Waals surface area contributed by atoms with Gasteiger partial charge in [0.1, 0.15) is 0 Å². The van der Waals surface area contributed by atoms with Crippen molar-refractivity contribution in [3.8, 4) is 11.5 Å². The van der Waals surface area contributed by atoms with Crippen molar-refractivity contribution in [3.63, 3.8) is 0 Å². The molecule has 0 aliphatic carbocycles. The molecule has 1 aromatic heterocycles. The summed E-state index contributed by atoms with van der Waals surface area (Å²) in [5, 5.41) is 17.8. The number of non-ortho nitro benzene ring substituents is 1. The number of rotatable bonds is 5. The van der Waals surface area contributed by atoms with Crippen LogP contribution >= 0.6 is 0 Å². The van der Waals surface area contributed by atoms with Gasteiger partial charge in [-0.2, -0.15) is 4.98 Å². The summed E-state index contributed by atoms with van der Waals surface area (Å²) in [7, 11) is 0. The number of aromatic nitrogens is 2. The summed E-state index contributed by atoms with van der Waals surface area (Å²) in [5.41, 5.74) is 1.48. The number of nitro benzene ring substituents is 1. The van der Waals surface area contributed by atoms with Crippen LogP contribution in [0.4, 0.5) is 5.69 Å². The standard InChI is InChI=1S/C13H16N4O3/c1-8(2)14-7-12-15-13(20-16-12)11-5-4-10(17(18)19)6-9(11)3/h4-6,8,14H,7H2,1-3H3. The maximum absolute atomic E-state index is 10.7. The van der Waals surface area contributed by atoms with Crippen molar-refractivity contribution in [1.29, 1.82) is 0 Å². The summed E-state index contributed by atoms with van der Waals surface area (Å²) in [6.45, 7) is 6.36. The Balaban J connectivity index is 2.21. The summed E-state index contributed by atoms with van der Waals surface area (Å²) in [4.78, 5) is 14.5. The zero-order chi connectivity index (χ0) is 14.7. The highest BCUT2D eigenvalue weighted by Gasteiger charge is 2.14. The lowest BCUT2D eigenvalue weighted by atomic mass is 10.1. The average molecular weight is 276 g/mol. The molecule has 0 saturated carbocycles. The van der Waals surface area contributed by atoms with Gasteiger partial charge >= 0.3 is 0 Å². The first-order valence-electron chi connectivity index (χ1n) is 6.28. The second-order valence-electron chi connectivity index (χ2n) is 4.81. The molecule has 2 rings (SSSR count). The lowest BCUT2D eigenvalue weighted by Crippen LogP contribution is -2.22. The van der Waals surface area contributed by atoms with E-state index in [0.29, 0.717) is 29.9 Å².